The molecule has 164 valence electrons. The summed E-state index contributed by atoms with van der Waals surface area (Å²) in [6.07, 6.45) is 3.05. The van der Waals surface area contributed by atoms with Gasteiger partial charge < -0.3 is 14.5 Å². The van der Waals surface area contributed by atoms with Crippen LogP contribution in [0.2, 0.25) is 0 Å². The summed E-state index contributed by atoms with van der Waals surface area (Å²) in [6.45, 7) is 5.58. The van der Waals surface area contributed by atoms with E-state index in [0.29, 0.717) is 51.8 Å². The minimum atomic E-state index is -0.481. The fourth-order valence-electron chi connectivity index (χ4n) is 5.16. The molecule has 1 N–H and O–H groups in total. The van der Waals surface area contributed by atoms with Gasteiger partial charge in [-0.15, -0.1) is 0 Å². The van der Waals surface area contributed by atoms with Crippen LogP contribution in [0.15, 0.2) is 23.0 Å². The number of hydrogen-bond acceptors (Lipinski definition) is 5. The molecule has 0 unspecified atom stereocenters. The van der Waals surface area contributed by atoms with Gasteiger partial charge in [0.1, 0.15) is 5.82 Å². The van der Waals surface area contributed by atoms with Crippen LogP contribution in [-0.2, 0) is 16.6 Å². The number of H-pyrrole nitrogens is 1. The molecule has 7 nitrogen and oxygen atoms in total. The number of fused-ring (bicyclic) bond motifs is 2. The summed E-state index contributed by atoms with van der Waals surface area (Å²) in [4.78, 5) is 37.4. The Kier molecular flexibility index (Phi) is 5.04. The maximum absolute atomic E-state index is 14.2. The number of carbonyl (C=O) groups is 1. The van der Waals surface area contributed by atoms with Crippen LogP contribution in [0.5, 0.6) is 0 Å². The number of halogens is 1. The standard InChI is InChI=1S/C23H27FN4O3/c1-15-2-3-18(24)17(14-15)21(30)27-8-6-23(7-9-27)5-4-16-19(23)25-22(26-20(16)29)28-10-12-31-13-11-28/h2-3,14H,4-13H2,1H3,(H,25,26,29). The summed E-state index contributed by atoms with van der Waals surface area (Å²) in [5.41, 5.74) is 2.43. The third kappa shape index (κ3) is 3.52. The molecule has 5 rings (SSSR count). The second-order valence-corrected chi connectivity index (χ2v) is 8.87. The Balaban J connectivity index is 1.38. The number of likely N-dealkylation sites (tertiary alicyclic amines) is 1. The second-order valence-electron chi connectivity index (χ2n) is 8.87. The number of morpholine rings is 1. The van der Waals surface area contributed by atoms with E-state index in [0.717, 1.165) is 36.1 Å². The molecular formula is C23H27FN4O3. The highest BCUT2D eigenvalue weighted by atomic mass is 19.1. The number of nitrogens with zero attached hydrogens (tertiary/aromatic N) is 3. The Morgan fingerprint density at radius 3 is 2.65 bits per heavy atom. The number of aromatic nitrogens is 2. The number of aryl methyl sites for hydroxylation is 1. The maximum atomic E-state index is 14.2. The molecule has 0 atom stereocenters. The molecule has 0 saturated carbocycles. The van der Waals surface area contributed by atoms with Crippen molar-refractivity contribution in [3.8, 4) is 0 Å². The zero-order valence-corrected chi connectivity index (χ0v) is 17.7. The van der Waals surface area contributed by atoms with Crippen molar-refractivity contribution in [3.63, 3.8) is 0 Å². The molecular weight excluding hydrogens is 399 g/mol. The van der Waals surface area contributed by atoms with Gasteiger partial charge in [-0.25, -0.2) is 9.37 Å². The molecule has 2 aliphatic heterocycles. The number of aromatic amines is 1. The first-order chi connectivity index (χ1) is 15.0. The molecule has 0 bridgehead atoms. The van der Waals surface area contributed by atoms with Crippen LogP contribution >= 0.6 is 0 Å². The Hall–Kier alpha value is -2.74. The number of benzene rings is 1. The molecule has 2 fully saturated rings. The normalized spacial score (nSPS) is 20.2. The van der Waals surface area contributed by atoms with Gasteiger partial charge in [-0.2, -0.15) is 0 Å². The average molecular weight is 426 g/mol. The van der Waals surface area contributed by atoms with E-state index in [1.54, 1.807) is 17.0 Å². The number of piperidine rings is 1. The molecule has 3 aliphatic rings. The number of amides is 1. The largest absolute Gasteiger partial charge is 0.378 e. The molecule has 0 radical (unpaired) electrons. The number of ether oxygens (including phenoxy) is 1. The fourth-order valence-corrected chi connectivity index (χ4v) is 5.16. The highest BCUT2D eigenvalue weighted by Crippen LogP contribution is 2.44. The van der Waals surface area contributed by atoms with Crippen LogP contribution in [0, 0.1) is 12.7 Å². The van der Waals surface area contributed by atoms with Gasteiger partial charge in [-0.3, -0.25) is 14.6 Å². The third-order valence-corrected chi connectivity index (χ3v) is 7.03. The van der Waals surface area contributed by atoms with Crippen LogP contribution in [0.3, 0.4) is 0 Å². The summed E-state index contributed by atoms with van der Waals surface area (Å²) in [7, 11) is 0. The van der Waals surface area contributed by atoms with Gasteiger partial charge in [0, 0.05) is 37.2 Å². The highest BCUT2D eigenvalue weighted by Gasteiger charge is 2.45. The molecule has 31 heavy (non-hydrogen) atoms. The van der Waals surface area contributed by atoms with Crippen molar-refractivity contribution in [3.05, 3.63) is 56.8 Å². The summed E-state index contributed by atoms with van der Waals surface area (Å²) >= 11 is 0. The zero-order chi connectivity index (χ0) is 21.6. The summed E-state index contributed by atoms with van der Waals surface area (Å²) in [5, 5.41) is 0. The number of hydrogen-bond donors (Lipinski definition) is 1. The van der Waals surface area contributed by atoms with E-state index in [-0.39, 0.29) is 22.4 Å². The average Bonchev–Trinajstić information content (AvgIpc) is 3.14. The van der Waals surface area contributed by atoms with Crippen molar-refractivity contribution in [2.75, 3.05) is 44.3 Å². The van der Waals surface area contributed by atoms with Gasteiger partial charge in [-0.1, -0.05) is 11.6 Å². The zero-order valence-electron chi connectivity index (χ0n) is 17.7. The molecule has 1 aliphatic carbocycles. The number of anilines is 1. The first-order valence-electron chi connectivity index (χ1n) is 11.0. The van der Waals surface area contributed by atoms with E-state index in [4.69, 9.17) is 9.72 Å². The van der Waals surface area contributed by atoms with E-state index in [2.05, 4.69) is 9.88 Å². The maximum Gasteiger partial charge on any atom is 0.256 e. The first-order valence-corrected chi connectivity index (χ1v) is 11.0. The lowest BCUT2D eigenvalue weighted by Gasteiger charge is -2.39. The molecule has 1 spiro atoms. The van der Waals surface area contributed by atoms with Crippen molar-refractivity contribution in [1.82, 2.24) is 14.9 Å². The third-order valence-electron chi connectivity index (χ3n) is 7.03. The predicted octanol–water partition coefficient (Wildman–Crippen LogP) is 2.17. The second kappa shape index (κ2) is 7.75. The topological polar surface area (TPSA) is 78.5 Å². The van der Waals surface area contributed by atoms with E-state index in [1.165, 1.54) is 6.07 Å². The molecule has 1 aromatic carbocycles. The quantitative estimate of drug-likeness (QED) is 0.796. The van der Waals surface area contributed by atoms with Gasteiger partial charge in [0.15, 0.2) is 0 Å². The van der Waals surface area contributed by atoms with Gasteiger partial charge >= 0.3 is 0 Å². The van der Waals surface area contributed by atoms with Gasteiger partial charge in [0.2, 0.25) is 5.95 Å². The van der Waals surface area contributed by atoms with Gasteiger partial charge in [0.05, 0.1) is 24.5 Å². The molecule has 2 saturated heterocycles. The number of nitrogens with one attached hydrogen (secondary N) is 1. The number of carbonyl (C=O) groups excluding carboxylic acids is 1. The highest BCUT2D eigenvalue weighted by molar-refractivity contribution is 5.94. The Labute approximate surface area is 180 Å². The lowest BCUT2D eigenvalue weighted by atomic mass is 9.76. The molecule has 8 heteroatoms. The Morgan fingerprint density at radius 1 is 1.16 bits per heavy atom. The molecule has 3 heterocycles. The van der Waals surface area contributed by atoms with E-state index in [9.17, 15) is 14.0 Å². The lowest BCUT2D eigenvalue weighted by Crippen LogP contribution is -2.45. The summed E-state index contributed by atoms with van der Waals surface area (Å²) in [5.74, 6) is -0.124. The Morgan fingerprint density at radius 2 is 1.90 bits per heavy atom. The lowest BCUT2D eigenvalue weighted by molar-refractivity contribution is 0.0658. The van der Waals surface area contributed by atoms with E-state index < -0.39 is 5.82 Å². The fraction of sp³-hybridized carbons (Fsp3) is 0.522. The minimum absolute atomic E-state index is 0.0521. The van der Waals surface area contributed by atoms with Gasteiger partial charge in [0.25, 0.3) is 11.5 Å². The van der Waals surface area contributed by atoms with Crippen LogP contribution in [0.4, 0.5) is 10.3 Å². The van der Waals surface area contributed by atoms with Gasteiger partial charge in [-0.05, 0) is 44.7 Å². The van der Waals surface area contributed by atoms with Crippen LogP contribution in [0.1, 0.15) is 46.4 Å². The molecule has 1 aromatic heterocycles. The van der Waals surface area contributed by atoms with Crippen molar-refractivity contribution in [2.45, 2.75) is 38.0 Å². The monoisotopic (exact) mass is 426 g/mol. The van der Waals surface area contributed by atoms with Crippen LogP contribution in [0.25, 0.3) is 0 Å². The van der Waals surface area contributed by atoms with E-state index in [1.807, 2.05) is 6.92 Å². The van der Waals surface area contributed by atoms with Crippen molar-refractivity contribution < 1.29 is 13.9 Å². The first kappa shape index (κ1) is 20.2. The van der Waals surface area contributed by atoms with Crippen molar-refractivity contribution >= 4 is 11.9 Å². The molecule has 1 amide bonds. The van der Waals surface area contributed by atoms with Crippen LogP contribution < -0.4 is 10.5 Å². The minimum Gasteiger partial charge on any atom is -0.378 e. The number of rotatable bonds is 2. The van der Waals surface area contributed by atoms with E-state index >= 15 is 0 Å². The SMILES string of the molecule is Cc1ccc(F)c(C(=O)N2CCC3(CCc4c3nc(N3CCOCC3)[nH]c4=O)CC2)c1. The Bertz CT molecular complexity index is 1070. The molecule has 2 aromatic rings. The van der Waals surface area contributed by atoms with Crippen molar-refractivity contribution in [1.29, 1.82) is 0 Å². The summed E-state index contributed by atoms with van der Waals surface area (Å²) < 4.78 is 19.6. The van der Waals surface area contributed by atoms with Crippen LogP contribution in [-0.4, -0.2) is 60.2 Å². The summed E-state index contributed by atoms with van der Waals surface area (Å²) in [6, 6.07) is 4.63. The predicted molar refractivity (Wildman–Crippen MR) is 114 cm³/mol. The smallest absolute Gasteiger partial charge is 0.256 e. The van der Waals surface area contributed by atoms with Crippen molar-refractivity contribution in [2.24, 2.45) is 0 Å².